The van der Waals surface area contributed by atoms with Gasteiger partial charge in [0.15, 0.2) is 0 Å². The standard InChI is InChI=1S/C18H29NO2/c1-6-21-18(20)15-8-7-9-16(12-15)19-17(10-13(2)3)11-14(4)5/h7-9,12-14,17,19H,6,10-11H2,1-5H3. The quantitative estimate of drug-likeness (QED) is 0.703. The van der Waals surface area contributed by atoms with E-state index in [1.165, 1.54) is 0 Å². The van der Waals surface area contributed by atoms with E-state index in [-0.39, 0.29) is 5.97 Å². The molecule has 0 aliphatic carbocycles. The predicted molar refractivity (Wildman–Crippen MR) is 88.7 cm³/mol. The third-order valence-electron chi connectivity index (χ3n) is 3.26. The van der Waals surface area contributed by atoms with Gasteiger partial charge in [-0.25, -0.2) is 4.79 Å². The van der Waals surface area contributed by atoms with E-state index in [1.807, 2.05) is 25.1 Å². The number of esters is 1. The fourth-order valence-corrected chi connectivity index (χ4v) is 2.54. The fourth-order valence-electron chi connectivity index (χ4n) is 2.54. The number of benzene rings is 1. The SMILES string of the molecule is CCOC(=O)c1cccc(NC(CC(C)C)CC(C)C)c1. The van der Waals surface area contributed by atoms with Crippen LogP contribution in [0, 0.1) is 11.8 Å². The predicted octanol–water partition coefficient (Wildman–Crippen LogP) is 4.74. The summed E-state index contributed by atoms with van der Waals surface area (Å²) in [6.07, 6.45) is 2.25. The minimum atomic E-state index is -0.259. The van der Waals surface area contributed by atoms with Gasteiger partial charge in [0.05, 0.1) is 12.2 Å². The molecule has 3 nitrogen and oxygen atoms in total. The molecule has 0 aliphatic rings. The number of hydrogen-bond donors (Lipinski definition) is 1. The van der Waals surface area contributed by atoms with E-state index in [4.69, 9.17) is 4.74 Å². The maximum atomic E-state index is 11.8. The fraction of sp³-hybridized carbons (Fsp3) is 0.611. The van der Waals surface area contributed by atoms with Crippen molar-refractivity contribution in [3.05, 3.63) is 29.8 Å². The average Bonchev–Trinajstić information content (AvgIpc) is 2.37. The van der Waals surface area contributed by atoms with Gasteiger partial charge in [0.25, 0.3) is 0 Å². The van der Waals surface area contributed by atoms with Crippen molar-refractivity contribution in [2.45, 2.75) is 53.5 Å². The molecule has 0 radical (unpaired) electrons. The molecule has 3 heteroatoms. The van der Waals surface area contributed by atoms with Crippen LogP contribution in [0.5, 0.6) is 0 Å². The van der Waals surface area contributed by atoms with Crippen LogP contribution >= 0.6 is 0 Å². The second-order valence-electron chi connectivity index (χ2n) is 6.40. The van der Waals surface area contributed by atoms with E-state index < -0.39 is 0 Å². The average molecular weight is 291 g/mol. The molecule has 0 bridgehead atoms. The van der Waals surface area contributed by atoms with Crippen LogP contribution < -0.4 is 5.32 Å². The molecule has 0 heterocycles. The zero-order valence-electron chi connectivity index (χ0n) is 14.0. The molecule has 1 rings (SSSR count). The first-order valence-corrected chi connectivity index (χ1v) is 7.96. The summed E-state index contributed by atoms with van der Waals surface area (Å²) in [6.45, 7) is 11.2. The Hall–Kier alpha value is -1.51. The van der Waals surface area contributed by atoms with Gasteiger partial charge >= 0.3 is 5.97 Å². The molecule has 1 aromatic rings. The zero-order valence-corrected chi connectivity index (χ0v) is 14.0. The Bertz CT molecular complexity index is 431. The Morgan fingerprint density at radius 3 is 2.29 bits per heavy atom. The molecule has 0 amide bonds. The minimum Gasteiger partial charge on any atom is -0.462 e. The molecule has 0 fully saturated rings. The summed E-state index contributed by atoms with van der Waals surface area (Å²) in [5.74, 6) is 1.04. The number of rotatable bonds is 8. The van der Waals surface area contributed by atoms with Gasteiger partial charge in [-0.15, -0.1) is 0 Å². The van der Waals surface area contributed by atoms with Gasteiger partial charge in [0, 0.05) is 11.7 Å². The molecule has 1 N–H and O–H groups in total. The number of carbonyl (C=O) groups is 1. The van der Waals surface area contributed by atoms with Crippen molar-refractivity contribution >= 4 is 11.7 Å². The molecule has 0 saturated carbocycles. The largest absolute Gasteiger partial charge is 0.462 e. The van der Waals surface area contributed by atoms with Crippen molar-refractivity contribution < 1.29 is 9.53 Å². The van der Waals surface area contributed by atoms with Crippen molar-refractivity contribution in [1.82, 2.24) is 0 Å². The molecule has 0 aliphatic heterocycles. The van der Waals surface area contributed by atoms with Gasteiger partial charge in [-0.05, 0) is 49.8 Å². The molecular formula is C18H29NO2. The van der Waals surface area contributed by atoms with Gasteiger partial charge in [-0.1, -0.05) is 33.8 Å². The smallest absolute Gasteiger partial charge is 0.338 e. The van der Waals surface area contributed by atoms with Crippen LogP contribution in [-0.2, 0) is 4.74 Å². The van der Waals surface area contributed by atoms with E-state index in [0.29, 0.717) is 30.0 Å². The molecule has 118 valence electrons. The number of nitrogens with one attached hydrogen (secondary N) is 1. The van der Waals surface area contributed by atoms with Crippen LogP contribution in [0.2, 0.25) is 0 Å². The molecule has 0 atom stereocenters. The summed E-state index contributed by atoms with van der Waals surface area (Å²) < 4.78 is 5.05. The molecule has 1 aromatic carbocycles. The summed E-state index contributed by atoms with van der Waals surface area (Å²) in [7, 11) is 0. The molecule has 0 unspecified atom stereocenters. The third-order valence-corrected chi connectivity index (χ3v) is 3.26. The molecule has 0 aromatic heterocycles. The van der Waals surface area contributed by atoms with Crippen LogP contribution in [0.4, 0.5) is 5.69 Å². The lowest BCUT2D eigenvalue weighted by atomic mass is 9.95. The first-order valence-electron chi connectivity index (χ1n) is 7.96. The lowest BCUT2D eigenvalue weighted by Gasteiger charge is -2.23. The Kier molecular flexibility index (Phi) is 7.27. The molecular weight excluding hydrogens is 262 g/mol. The first-order chi connectivity index (χ1) is 9.92. The van der Waals surface area contributed by atoms with E-state index in [9.17, 15) is 4.79 Å². The van der Waals surface area contributed by atoms with Crippen LogP contribution in [0.15, 0.2) is 24.3 Å². The van der Waals surface area contributed by atoms with Gasteiger partial charge < -0.3 is 10.1 Å². The van der Waals surface area contributed by atoms with Crippen LogP contribution in [0.25, 0.3) is 0 Å². The Morgan fingerprint density at radius 2 is 1.76 bits per heavy atom. The topological polar surface area (TPSA) is 38.3 Å². The minimum absolute atomic E-state index is 0.259. The maximum Gasteiger partial charge on any atom is 0.338 e. The number of anilines is 1. The number of ether oxygens (including phenoxy) is 1. The maximum absolute atomic E-state index is 11.8. The van der Waals surface area contributed by atoms with Crippen LogP contribution in [0.1, 0.15) is 57.8 Å². The Balaban J connectivity index is 2.78. The third kappa shape index (κ3) is 6.65. The van der Waals surface area contributed by atoms with Crippen molar-refractivity contribution in [3.63, 3.8) is 0 Å². The van der Waals surface area contributed by atoms with Gasteiger partial charge in [0.2, 0.25) is 0 Å². The highest BCUT2D eigenvalue weighted by Gasteiger charge is 2.14. The van der Waals surface area contributed by atoms with Crippen molar-refractivity contribution in [1.29, 1.82) is 0 Å². The van der Waals surface area contributed by atoms with E-state index in [1.54, 1.807) is 6.07 Å². The zero-order chi connectivity index (χ0) is 15.8. The highest BCUT2D eigenvalue weighted by atomic mass is 16.5. The first kappa shape index (κ1) is 17.5. The molecule has 0 saturated heterocycles. The summed E-state index contributed by atoms with van der Waals surface area (Å²) in [6, 6.07) is 8.02. The van der Waals surface area contributed by atoms with E-state index in [2.05, 4.69) is 33.0 Å². The van der Waals surface area contributed by atoms with E-state index in [0.717, 1.165) is 18.5 Å². The van der Waals surface area contributed by atoms with Gasteiger partial charge in [0.1, 0.15) is 0 Å². The summed E-state index contributed by atoms with van der Waals surface area (Å²) in [5.41, 5.74) is 1.60. The normalized spacial score (nSPS) is 11.2. The van der Waals surface area contributed by atoms with Gasteiger partial charge in [-0.3, -0.25) is 0 Å². The lowest BCUT2D eigenvalue weighted by molar-refractivity contribution is 0.0526. The monoisotopic (exact) mass is 291 g/mol. The van der Waals surface area contributed by atoms with E-state index >= 15 is 0 Å². The summed E-state index contributed by atoms with van der Waals surface area (Å²) in [4.78, 5) is 11.8. The molecule has 21 heavy (non-hydrogen) atoms. The second-order valence-corrected chi connectivity index (χ2v) is 6.40. The van der Waals surface area contributed by atoms with Crippen molar-refractivity contribution in [2.24, 2.45) is 11.8 Å². The Labute approximate surface area is 129 Å². The molecule has 0 spiro atoms. The summed E-state index contributed by atoms with van der Waals surface area (Å²) >= 11 is 0. The lowest BCUT2D eigenvalue weighted by Crippen LogP contribution is -2.23. The highest BCUT2D eigenvalue weighted by molar-refractivity contribution is 5.90. The number of carbonyl (C=O) groups excluding carboxylic acids is 1. The number of hydrogen-bond acceptors (Lipinski definition) is 3. The van der Waals surface area contributed by atoms with Gasteiger partial charge in [-0.2, -0.15) is 0 Å². The Morgan fingerprint density at radius 1 is 1.14 bits per heavy atom. The van der Waals surface area contributed by atoms with Crippen molar-refractivity contribution in [2.75, 3.05) is 11.9 Å². The summed E-state index contributed by atoms with van der Waals surface area (Å²) in [5, 5.41) is 3.57. The van der Waals surface area contributed by atoms with Crippen molar-refractivity contribution in [3.8, 4) is 0 Å². The van der Waals surface area contributed by atoms with Crippen LogP contribution in [-0.4, -0.2) is 18.6 Å². The van der Waals surface area contributed by atoms with Crippen LogP contribution in [0.3, 0.4) is 0 Å². The highest BCUT2D eigenvalue weighted by Crippen LogP contribution is 2.20. The second kappa shape index (κ2) is 8.71.